The molecule has 1 aliphatic rings. The van der Waals surface area contributed by atoms with Crippen molar-refractivity contribution in [3.8, 4) is 0 Å². The lowest BCUT2D eigenvalue weighted by molar-refractivity contribution is 0.569. The van der Waals surface area contributed by atoms with Gasteiger partial charge in [0.05, 0.1) is 10.9 Å². The molecule has 0 bridgehead atoms. The van der Waals surface area contributed by atoms with Crippen LogP contribution in [0.1, 0.15) is 37.9 Å². The van der Waals surface area contributed by atoms with Crippen molar-refractivity contribution in [3.05, 3.63) is 40.4 Å². The van der Waals surface area contributed by atoms with Gasteiger partial charge in [0, 0.05) is 13.0 Å². The first-order valence-corrected chi connectivity index (χ1v) is 6.85. The van der Waals surface area contributed by atoms with Gasteiger partial charge in [0.2, 0.25) is 0 Å². The molecule has 94 valence electrons. The van der Waals surface area contributed by atoms with E-state index in [9.17, 15) is 4.79 Å². The van der Waals surface area contributed by atoms with E-state index in [0.29, 0.717) is 0 Å². The third-order valence-electron chi connectivity index (χ3n) is 3.72. The lowest BCUT2D eigenvalue weighted by Gasteiger charge is -2.11. The highest BCUT2D eigenvalue weighted by atomic mass is 16.1. The number of fused-ring (bicyclic) bond motifs is 2. The summed E-state index contributed by atoms with van der Waals surface area (Å²) in [6.07, 6.45) is 6.92. The van der Waals surface area contributed by atoms with Crippen molar-refractivity contribution < 1.29 is 0 Å². The van der Waals surface area contributed by atoms with E-state index in [-0.39, 0.29) is 5.56 Å². The average Bonchev–Trinajstić information content (AvgIpc) is 2.51. The summed E-state index contributed by atoms with van der Waals surface area (Å²) < 4.78 is 1.90. The molecule has 0 saturated carbocycles. The van der Waals surface area contributed by atoms with Crippen LogP contribution in [0.4, 0.5) is 0 Å². The predicted molar refractivity (Wildman–Crippen MR) is 72.8 cm³/mol. The van der Waals surface area contributed by atoms with Crippen LogP contribution in [-0.4, -0.2) is 9.55 Å². The third-order valence-corrected chi connectivity index (χ3v) is 3.72. The zero-order valence-electron chi connectivity index (χ0n) is 10.6. The Morgan fingerprint density at radius 3 is 2.72 bits per heavy atom. The Hall–Kier alpha value is -1.64. The lowest BCUT2D eigenvalue weighted by atomic mass is 10.1. The Kier molecular flexibility index (Phi) is 3.13. The number of hydrogen-bond donors (Lipinski definition) is 0. The topological polar surface area (TPSA) is 34.9 Å². The second-order valence-corrected chi connectivity index (χ2v) is 5.02. The van der Waals surface area contributed by atoms with E-state index in [2.05, 4.69) is 4.98 Å². The molecule has 1 aromatic carbocycles. The monoisotopic (exact) mass is 242 g/mol. The van der Waals surface area contributed by atoms with Crippen LogP contribution in [0.2, 0.25) is 0 Å². The molecule has 0 saturated heterocycles. The van der Waals surface area contributed by atoms with E-state index in [1.165, 1.54) is 19.3 Å². The maximum atomic E-state index is 12.5. The number of nitrogens with zero attached hydrogens (tertiary/aromatic N) is 2. The zero-order chi connectivity index (χ0) is 12.4. The normalized spacial score (nSPS) is 16.7. The van der Waals surface area contributed by atoms with Gasteiger partial charge < -0.3 is 0 Å². The minimum Gasteiger partial charge on any atom is -0.296 e. The van der Waals surface area contributed by atoms with E-state index < -0.39 is 0 Å². The van der Waals surface area contributed by atoms with Gasteiger partial charge in [0.1, 0.15) is 5.82 Å². The molecule has 0 atom stereocenters. The third kappa shape index (κ3) is 2.05. The van der Waals surface area contributed by atoms with Gasteiger partial charge in [-0.2, -0.15) is 0 Å². The number of para-hydroxylation sites is 1. The van der Waals surface area contributed by atoms with Crippen molar-refractivity contribution in [1.29, 1.82) is 0 Å². The van der Waals surface area contributed by atoms with E-state index in [1.54, 1.807) is 0 Å². The molecular weight excluding hydrogens is 224 g/mol. The summed E-state index contributed by atoms with van der Waals surface area (Å²) in [7, 11) is 0. The average molecular weight is 242 g/mol. The van der Waals surface area contributed by atoms with Gasteiger partial charge in [0.15, 0.2) is 0 Å². The molecule has 3 rings (SSSR count). The first-order valence-electron chi connectivity index (χ1n) is 6.85. The Bertz CT molecular complexity index is 615. The molecule has 0 aliphatic carbocycles. The Morgan fingerprint density at radius 1 is 1.00 bits per heavy atom. The summed E-state index contributed by atoms with van der Waals surface area (Å²) in [4.78, 5) is 17.2. The smallest absolute Gasteiger partial charge is 0.261 e. The molecule has 0 fully saturated rings. The minimum atomic E-state index is 0.137. The molecule has 3 heteroatoms. The summed E-state index contributed by atoms with van der Waals surface area (Å²) >= 11 is 0. The molecule has 0 N–H and O–H groups in total. The maximum Gasteiger partial charge on any atom is 0.261 e. The molecule has 0 amide bonds. The first kappa shape index (κ1) is 11.5. The van der Waals surface area contributed by atoms with Gasteiger partial charge in [-0.15, -0.1) is 0 Å². The molecule has 2 heterocycles. The molecule has 2 aromatic rings. The Balaban J connectivity index is 2.18. The number of aromatic nitrogens is 2. The quantitative estimate of drug-likeness (QED) is 0.712. The number of benzene rings is 1. The van der Waals surface area contributed by atoms with Crippen LogP contribution in [0.5, 0.6) is 0 Å². The number of rotatable bonds is 0. The predicted octanol–water partition coefficient (Wildman–Crippen LogP) is 2.90. The van der Waals surface area contributed by atoms with Crippen molar-refractivity contribution >= 4 is 10.9 Å². The highest BCUT2D eigenvalue weighted by molar-refractivity contribution is 5.77. The summed E-state index contributed by atoms with van der Waals surface area (Å²) in [5.74, 6) is 0.973. The van der Waals surface area contributed by atoms with Crippen LogP contribution in [-0.2, 0) is 13.0 Å². The second-order valence-electron chi connectivity index (χ2n) is 5.02. The van der Waals surface area contributed by atoms with Crippen molar-refractivity contribution in [2.24, 2.45) is 0 Å². The minimum absolute atomic E-state index is 0.137. The van der Waals surface area contributed by atoms with E-state index in [1.807, 2.05) is 28.8 Å². The second kappa shape index (κ2) is 4.92. The fourth-order valence-electron chi connectivity index (χ4n) is 2.72. The van der Waals surface area contributed by atoms with Crippen molar-refractivity contribution in [1.82, 2.24) is 9.55 Å². The molecule has 0 unspecified atom stereocenters. The Labute approximate surface area is 106 Å². The lowest BCUT2D eigenvalue weighted by Crippen LogP contribution is -2.25. The summed E-state index contributed by atoms with van der Waals surface area (Å²) in [5.41, 5.74) is 0.977. The van der Waals surface area contributed by atoms with Gasteiger partial charge in [-0.05, 0) is 25.0 Å². The van der Waals surface area contributed by atoms with E-state index in [4.69, 9.17) is 0 Å². The largest absolute Gasteiger partial charge is 0.296 e. The highest BCUT2D eigenvalue weighted by Gasteiger charge is 2.11. The van der Waals surface area contributed by atoms with Crippen LogP contribution < -0.4 is 5.56 Å². The molecule has 1 aliphatic heterocycles. The fourth-order valence-corrected chi connectivity index (χ4v) is 2.72. The van der Waals surface area contributed by atoms with Crippen LogP contribution >= 0.6 is 0 Å². The molecular formula is C15H18N2O. The van der Waals surface area contributed by atoms with Crippen LogP contribution in [0, 0.1) is 0 Å². The van der Waals surface area contributed by atoms with Crippen molar-refractivity contribution in [3.63, 3.8) is 0 Å². The SMILES string of the molecule is O=c1c2ccccc2nc2n1CCCCCCC2. The molecule has 0 spiro atoms. The molecule has 1 aromatic heterocycles. The van der Waals surface area contributed by atoms with Crippen LogP contribution in [0.15, 0.2) is 29.1 Å². The summed E-state index contributed by atoms with van der Waals surface area (Å²) in [6, 6.07) is 7.67. The summed E-state index contributed by atoms with van der Waals surface area (Å²) in [5, 5.41) is 0.750. The highest BCUT2D eigenvalue weighted by Crippen LogP contribution is 2.14. The Morgan fingerprint density at radius 2 is 1.78 bits per heavy atom. The van der Waals surface area contributed by atoms with Gasteiger partial charge in [-0.25, -0.2) is 4.98 Å². The zero-order valence-corrected chi connectivity index (χ0v) is 10.6. The first-order chi connectivity index (χ1) is 8.86. The number of hydrogen-bond acceptors (Lipinski definition) is 2. The fraction of sp³-hybridized carbons (Fsp3) is 0.467. The molecule has 18 heavy (non-hydrogen) atoms. The van der Waals surface area contributed by atoms with Gasteiger partial charge in [-0.1, -0.05) is 31.4 Å². The standard InChI is InChI=1S/C15H18N2O/c18-15-12-8-5-6-9-13(12)16-14-10-4-2-1-3-7-11-17(14)15/h5-6,8-9H,1-4,7,10-11H2. The van der Waals surface area contributed by atoms with Crippen LogP contribution in [0.25, 0.3) is 10.9 Å². The molecule has 0 radical (unpaired) electrons. The van der Waals surface area contributed by atoms with Gasteiger partial charge in [-0.3, -0.25) is 9.36 Å². The summed E-state index contributed by atoms with van der Waals surface area (Å²) in [6.45, 7) is 0.825. The van der Waals surface area contributed by atoms with Crippen molar-refractivity contribution in [2.45, 2.75) is 45.1 Å². The van der Waals surface area contributed by atoms with Gasteiger partial charge >= 0.3 is 0 Å². The number of aryl methyl sites for hydroxylation is 1. The van der Waals surface area contributed by atoms with E-state index >= 15 is 0 Å². The molecule has 3 nitrogen and oxygen atoms in total. The van der Waals surface area contributed by atoms with Gasteiger partial charge in [0.25, 0.3) is 5.56 Å². The van der Waals surface area contributed by atoms with Crippen LogP contribution in [0.3, 0.4) is 0 Å². The maximum absolute atomic E-state index is 12.5. The van der Waals surface area contributed by atoms with E-state index in [0.717, 1.165) is 42.5 Å². The van der Waals surface area contributed by atoms with Crippen molar-refractivity contribution in [2.75, 3.05) is 0 Å².